The zero-order valence-electron chi connectivity index (χ0n) is 11.7. The summed E-state index contributed by atoms with van der Waals surface area (Å²) in [5, 5.41) is 14.3. The summed E-state index contributed by atoms with van der Waals surface area (Å²) in [6.45, 7) is 2.80. The van der Waals surface area contributed by atoms with Gasteiger partial charge in [-0.15, -0.1) is 0 Å². The molecule has 108 valence electrons. The number of amidine groups is 1. The number of hydrazone groups is 1. The highest BCUT2D eigenvalue weighted by molar-refractivity contribution is 5.87. The van der Waals surface area contributed by atoms with Crippen LogP contribution in [-0.4, -0.2) is 33.6 Å². The summed E-state index contributed by atoms with van der Waals surface area (Å²) in [5.41, 5.74) is 6.98. The Morgan fingerprint density at radius 1 is 1.43 bits per heavy atom. The Hall–Kier alpha value is -2.18. The monoisotopic (exact) mass is 284 g/mol. The number of ether oxygens (including phenoxy) is 1. The van der Waals surface area contributed by atoms with Gasteiger partial charge in [-0.1, -0.05) is 6.08 Å². The average Bonchev–Trinajstić information content (AvgIpc) is 2.88. The molecule has 2 unspecified atom stereocenters. The molecule has 4 rings (SSSR count). The summed E-state index contributed by atoms with van der Waals surface area (Å²) in [5.74, 6) is 0.927. The maximum atomic E-state index is 10.0. The zero-order chi connectivity index (χ0) is 14.4. The molecule has 0 saturated heterocycles. The number of hydrogen-bond acceptors (Lipinski definition) is 6. The quantitative estimate of drug-likeness (QED) is 0.809. The number of nitrogens with one attached hydrogen (secondary N) is 1. The third kappa shape index (κ3) is 1.95. The van der Waals surface area contributed by atoms with E-state index >= 15 is 0 Å². The van der Waals surface area contributed by atoms with Gasteiger partial charge in [-0.25, -0.2) is 0 Å². The molecule has 0 bridgehead atoms. The van der Waals surface area contributed by atoms with E-state index in [1.165, 1.54) is 0 Å². The minimum atomic E-state index is -0.598. The highest BCUT2D eigenvalue weighted by Gasteiger charge is 2.27. The number of hydrogen-bond donors (Lipinski definition) is 2. The Morgan fingerprint density at radius 3 is 3.24 bits per heavy atom. The first kappa shape index (κ1) is 12.6. The molecular formula is C15H16N4O2. The van der Waals surface area contributed by atoms with Gasteiger partial charge in [-0.3, -0.25) is 10.4 Å². The first-order chi connectivity index (χ1) is 10.2. The maximum Gasteiger partial charge on any atom is 0.139 e. The number of allylic oxidation sites excluding steroid dienone is 2. The van der Waals surface area contributed by atoms with Crippen molar-refractivity contribution in [3.05, 3.63) is 47.4 Å². The van der Waals surface area contributed by atoms with Crippen molar-refractivity contribution in [3.8, 4) is 0 Å². The SMILES string of the molecule is CC1=NNC2C=CC(c3cncc4c3COCC4O)=CN12. The van der Waals surface area contributed by atoms with E-state index in [0.29, 0.717) is 13.2 Å². The van der Waals surface area contributed by atoms with Crippen LogP contribution in [0.25, 0.3) is 5.57 Å². The fourth-order valence-electron chi connectivity index (χ4n) is 2.90. The Balaban J connectivity index is 1.78. The third-order valence-electron chi connectivity index (χ3n) is 4.05. The van der Waals surface area contributed by atoms with Gasteiger partial charge >= 0.3 is 0 Å². The molecule has 2 atom stereocenters. The molecule has 3 aliphatic rings. The summed E-state index contributed by atoms with van der Waals surface area (Å²) in [6.07, 6.45) is 9.22. The van der Waals surface area contributed by atoms with Crippen LogP contribution in [0, 0.1) is 0 Å². The molecule has 6 nitrogen and oxygen atoms in total. The Kier molecular flexibility index (Phi) is 2.80. The lowest BCUT2D eigenvalue weighted by Gasteiger charge is -2.27. The second-order valence-corrected chi connectivity index (χ2v) is 5.37. The number of nitrogens with zero attached hydrogens (tertiary/aromatic N) is 3. The van der Waals surface area contributed by atoms with Gasteiger partial charge < -0.3 is 14.7 Å². The van der Waals surface area contributed by atoms with Crippen LogP contribution in [0.1, 0.15) is 29.7 Å². The predicted octanol–water partition coefficient (Wildman–Crippen LogP) is 1.12. The maximum absolute atomic E-state index is 10.0. The number of fused-ring (bicyclic) bond motifs is 2. The van der Waals surface area contributed by atoms with E-state index in [4.69, 9.17) is 4.74 Å². The van der Waals surface area contributed by atoms with Crippen LogP contribution in [0.15, 0.2) is 35.8 Å². The molecule has 0 aromatic carbocycles. The van der Waals surface area contributed by atoms with Crippen LogP contribution >= 0.6 is 0 Å². The summed E-state index contributed by atoms with van der Waals surface area (Å²) >= 11 is 0. The number of pyridine rings is 1. The molecule has 1 aromatic rings. The first-order valence-electron chi connectivity index (χ1n) is 6.95. The molecule has 0 aliphatic carbocycles. The van der Waals surface area contributed by atoms with E-state index < -0.39 is 6.10 Å². The van der Waals surface area contributed by atoms with Gasteiger partial charge in [0.15, 0.2) is 0 Å². The average molecular weight is 284 g/mol. The van der Waals surface area contributed by atoms with Crippen molar-refractivity contribution in [1.82, 2.24) is 15.3 Å². The molecule has 21 heavy (non-hydrogen) atoms. The molecule has 0 spiro atoms. The molecule has 1 aromatic heterocycles. The van der Waals surface area contributed by atoms with Gasteiger partial charge in [0.05, 0.1) is 13.2 Å². The van der Waals surface area contributed by atoms with Crippen molar-refractivity contribution in [2.24, 2.45) is 5.10 Å². The predicted molar refractivity (Wildman–Crippen MR) is 77.8 cm³/mol. The lowest BCUT2D eigenvalue weighted by Crippen LogP contribution is -2.35. The van der Waals surface area contributed by atoms with E-state index in [1.807, 2.05) is 13.1 Å². The standard InChI is InChI=1S/C15H16N4O2/c1-9-17-18-15-3-2-10(6-19(9)15)11-4-16-5-12-13(11)7-21-8-14(12)20/h2-6,14-15,18,20H,7-8H2,1H3. The Bertz CT molecular complexity index is 680. The number of aliphatic hydroxyl groups excluding tert-OH is 1. The molecule has 3 aliphatic heterocycles. The van der Waals surface area contributed by atoms with E-state index in [2.05, 4.69) is 38.8 Å². The van der Waals surface area contributed by atoms with Crippen molar-refractivity contribution in [2.75, 3.05) is 6.61 Å². The van der Waals surface area contributed by atoms with Crippen molar-refractivity contribution in [3.63, 3.8) is 0 Å². The fourth-order valence-corrected chi connectivity index (χ4v) is 2.90. The van der Waals surface area contributed by atoms with Gasteiger partial charge in [0.1, 0.15) is 18.1 Å². The van der Waals surface area contributed by atoms with Crippen molar-refractivity contribution < 1.29 is 9.84 Å². The summed E-state index contributed by atoms with van der Waals surface area (Å²) in [6, 6.07) is 0. The lowest BCUT2D eigenvalue weighted by atomic mass is 9.94. The molecule has 0 saturated carbocycles. The Labute approximate surface area is 122 Å². The molecular weight excluding hydrogens is 268 g/mol. The van der Waals surface area contributed by atoms with Crippen LogP contribution in [0.5, 0.6) is 0 Å². The van der Waals surface area contributed by atoms with Gasteiger partial charge in [0.2, 0.25) is 0 Å². The number of aliphatic hydroxyl groups is 1. The summed E-state index contributed by atoms with van der Waals surface area (Å²) < 4.78 is 5.47. The van der Waals surface area contributed by atoms with Gasteiger partial charge in [0.25, 0.3) is 0 Å². The topological polar surface area (TPSA) is 70.0 Å². The third-order valence-corrected chi connectivity index (χ3v) is 4.05. The van der Waals surface area contributed by atoms with E-state index in [1.54, 1.807) is 6.20 Å². The van der Waals surface area contributed by atoms with Crippen molar-refractivity contribution in [1.29, 1.82) is 0 Å². The minimum absolute atomic E-state index is 0.0862. The van der Waals surface area contributed by atoms with Gasteiger partial charge in [-0.05, 0) is 24.1 Å². The van der Waals surface area contributed by atoms with E-state index in [0.717, 1.165) is 28.1 Å². The second-order valence-electron chi connectivity index (χ2n) is 5.37. The second kappa shape index (κ2) is 4.68. The summed E-state index contributed by atoms with van der Waals surface area (Å²) in [4.78, 5) is 6.35. The Morgan fingerprint density at radius 2 is 2.33 bits per heavy atom. The van der Waals surface area contributed by atoms with Crippen LogP contribution in [0.2, 0.25) is 0 Å². The van der Waals surface area contributed by atoms with Crippen molar-refractivity contribution in [2.45, 2.75) is 25.8 Å². The van der Waals surface area contributed by atoms with E-state index in [9.17, 15) is 5.11 Å². The molecule has 0 radical (unpaired) electrons. The largest absolute Gasteiger partial charge is 0.386 e. The van der Waals surface area contributed by atoms with E-state index in [-0.39, 0.29) is 6.17 Å². The molecule has 0 fully saturated rings. The highest BCUT2D eigenvalue weighted by Crippen LogP contribution is 2.32. The molecule has 0 amide bonds. The van der Waals surface area contributed by atoms with Crippen LogP contribution in [0.3, 0.4) is 0 Å². The smallest absolute Gasteiger partial charge is 0.139 e. The zero-order valence-corrected chi connectivity index (χ0v) is 11.7. The molecule has 4 heterocycles. The number of aromatic nitrogens is 1. The van der Waals surface area contributed by atoms with Crippen LogP contribution in [0.4, 0.5) is 0 Å². The van der Waals surface area contributed by atoms with Crippen molar-refractivity contribution >= 4 is 11.4 Å². The van der Waals surface area contributed by atoms with Gasteiger partial charge in [-0.2, -0.15) is 5.10 Å². The normalized spacial score (nSPS) is 26.7. The van der Waals surface area contributed by atoms with Gasteiger partial charge in [0, 0.05) is 29.7 Å². The number of rotatable bonds is 1. The van der Waals surface area contributed by atoms with Crippen LogP contribution < -0.4 is 5.43 Å². The highest BCUT2D eigenvalue weighted by atomic mass is 16.5. The minimum Gasteiger partial charge on any atom is -0.386 e. The first-order valence-corrected chi connectivity index (χ1v) is 6.95. The summed E-state index contributed by atoms with van der Waals surface area (Å²) in [7, 11) is 0. The lowest BCUT2D eigenvalue weighted by molar-refractivity contribution is 0.00940. The van der Waals surface area contributed by atoms with Crippen LogP contribution in [-0.2, 0) is 11.3 Å². The fraction of sp³-hybridized carbons (Fsp3) is 0.333. The molecule has 6 heteroatoms. The molecule has 2 N–H and O–H groups in total.